The van der Waals surface area contributed by atoms with E-state index in [0.29, 0.717) is 17.7 Å². The molecule has 0 saturated carbocycles. The molecule has 0 aliphatic carbocycles. The first-order chi connectivity index (χ1) is 16.0. The molecule has 1 fully saturated rings. The van der Waals surface area contributed by atoms with Crippen molar-refractivity contribution < 1.29 is 31.9 Å². The minimum absolute atomic E-state index is 0.0152. The molecule has 3 rings (SSSR count). The molecule has 1 saturated heterocycles. The SMILES string of the molecule is COc1ccc(C(=O)COC(=O)C2CCN(S(=O)(=O)c3c(C)c(C)cc(C)c3C)CC2)cc1F. The van der Waals surface area contributed by atoms with Gasteiger partial charge in [-0.3, -0.25) is 9.59 Å². The number of carbonyl (C=O) groups excluding carboxylic acids is 2. The Morgan fingerprint density at radius 3 is 2.15 bits per heavy atom. The van der Waals surface area contributed by atoms with Gasteiger partial charge in [0.25, 0.3) is 0 Å². The van der Waals surface area contributed by atoms with E-state index >= 15 is 0 Å². The lowest BCUT2D eigenvalue weighted by molar-refractivity contribution is -0.148. The average Bonchev–Trinajstić information content (AvgIpc) is 2.81. The fraction of sp³-hybridized carbons (Fsp3) is 0.440. The van der Waals surface area contributed by atoms with Crippen molar-refractivity contribution in [3.8, 4) is 5.75 Å². The Balaban J connectivity index is 1.61. The third kappa shape index (κ3) is 5.15. The molecule has 0 spiro atoms. The quantitative estimate of drug-likeness (QED) is 0.431. The molecular formula is C25H30FNO6S. The highest BCUT2D eigenvalue weighted by Crippen LogP contribution is 2.31. The maximum atomic E-state index is 13.8. The summed E-state index contributed by atoms with van der Waals surface area (Å²) in [6.45, 7) is 7.27. The molecule has 9 heteroatoms. The Morgan fingerprint density at radius 1 is 1.03 bits per heavy atom. The Morgan fingerprint density at radius 2 is 1.62 bits per heavy atom. The van der Waals surface area contributed by atoms with Gasteiger partial charge < -0.3 is 9.47 Å². The molecule has 1 heterocycles. The number of hydrogen-bond acceptors (Lipinski definition) is 6. The second kappa shape index (κ2) is 10.2. The molecule has 1 aliphatic heterocycles. The fourth-order valence-electron chi connectivity index (χ4n) is 4.21. The van der Waals surface area contributed by atoms with Gasteiger partial charge in [-0.05, 0) is 81.0 Å². The van der Waals surface area contributed by atoms with Crippen molar-refractivity contribution in [2.24, 2.45) is 5.92 Å². The Bertz CT molecular complexity index is 1190. The number of esters is 1. The number of hydrogen-bond donors (Lipinski definition) is 0. The van der Waals surface area contributed by atoms with Crippen LogP contribution in [0.1, 0.15) is 45.5 Å². The lowest BCUT2D eigenvalue weighted by Crippen LogP contribution is -2.41. The van der Waals surface area contributed by atoms with Crippen LogP contribution in [0.3, 0.4) is 0 Å². The summed E-state index contributed by atoms with van der Waals surface area (Å²) >= 11 is 0. The Kier molecular flexibility index (Phi) is 7.77. The number of benzene rings is 2. The number of sulfonamides is 1. The van der Waals surface area contributed by atoms with Crippen LogP contribution >= 0.6 is 0 Å². The molecule has 34 heavy (non-hydrogen) atoms. The second-order valence-electron chi connectivity index (χ2n) is 8.65. The Hall–Kier alpha value is -2.78. The van der Waals surface area contributed by atoms with E-state index in [1.54, 1.807) is 0 Å². The zero-order valence-electron chi connectivity index (χ0n) is 20.1. The topological polar surface area (TPSA) is 90.0 Å². The first kappa shape index (κ1) is 25.8. The molecule has 2 aromatic rings. The highest BCUT2D eigenvalue weighted by atomic mass is 32.2. The molecule has 0 aromatic heterocycles. The van der Waals surface area contributed by atoms with Gasteiger partial charge in [0.05, 0.1) is 17.9 Å². The molecule has 1 aliphatic rings. The van der Waals surface area contributed by atoms with Crippen molar-refractivity contribution in [1.29, 1.82) is 0 Å². The summed E-state index contributed by atoms with van der Waals surface area (Å²) in [5.41, 5.74) is 3.38. The minimum Gasteiger partial charge on any atom is -0.494 e. The molecule has 0 bridgehead atoms. The van der Waals surface area contributed by atoms with Crippen molar-refractivity contribution in [1.82, 2.24) is 4.31 Å². The molecule has 184 valence electrons. The number of carbonyl (C=O) groups is 2. The predicted octanol–water partition coefficient (Wildman–Crippen LogP) is 3.89. The van der Waals surface area contributed by atoms with Gasteiger partial charge in [-0.25, -0.2) is 12.8 Å². The lowest BCUT2D eigenvalue weighted by atomic mass is 9.98. The van der Waals surface area contributed by atoms with E-state index in [9.17, 15) is 22.4 Å². The van der Waals surface area contributed by atoms with Gasteiger partial charge in [0.1, 0.15) is 0 Å². The smallest absolute Gasteiger partial charge is 0.309 e. The van der Waals surface area contributed by atoms with Gasteiger partial charge >= 0.3 is 5.97 Å². The summed E-state index contributed by atoms with van der Waals surface area (Å²) in [5.74, 6) is -2.26. The minimum atomic E-state index is -3.71. The third-order valence-corrected chi connectivity index (χ3v) is 8.67. The maximum Gasteiger partial charge on any atom is 0.309 e. The van der Waals surface area contributed by atoms with Crippen molar-refractivity contribution in [2.75, 3.05) is 26.8 Å². The van der Waals surface area contributed by atoms with Gasteiger partial charge in [0, 0.05) is 18.7 Å². The molecule has 0 N–H and O–H groups in total. The zero-order chi connectivity index (χ0) is 25.2. The van der Waals surface area contributed by atoms with Crippen LogP contribution in [-0.4, -0.2) is 51.3 Å². The van der Waals surface area contributed by atoms with Crippen molar-refractivity contribution in [3.63, 3.8) is 0 Å². The second-order valence-corrected chi connectivity index (χ2v) is 10.5. The zero-order valence-corrected chi connectivity index (χ0v) is 20.9. The van der Waals surface area contributed by atoms with E-state index in [1.165, 1.54) is 23.5 Å². The molecular weight excluding hydrogens is 461 g/mol. The van der Waals surface area contributed by atoms with Crippen LogP contribution in [0.2, 0.25) is 0 Å². The number of aryl methyl sites for hydroxylation is 2. The Labute approximate surface area is 199 Å². The third-order valence-electron chi connectivity index (χ3n) is 6.50. The number of ether oxygens (including phenoxy) is 2. The number of ketones is 1. The molecule has 7 nitrogen and oxygen atoms in total. The van der Waals surface area contributed by atoms with E-state index in [-0.39, 0.29) is 24.4 Å². The summed E-state index contributed by atoms with van der Waals surface area (Å²) in [6.07, 6.45) is 0.596. The molecule has 0 atom stereocenters. The van der Waals surface area contributed by atoms with Crippen LogP contribution in [0.4, 0.5) is 4.39 Å². The summed E-state index contributed by atoms with van der Waals surface area (Å²) in [4.78, 5) is 25.1. The van der Waals surface area contributed by atoms with E-state index in [4.69, 9.17) is 9.47 Å². The van der Waals surface area contributed by atoms with Crippen molar-refractivity contribution in [2.45, 2.75) is 45.4 Å². The number of methoxy groups -OCH3 is 1. The van der Waals surface area contributed by atoms with Crippen molar-refractivity contribution in [3.05, 3.63) is 57.9 Å². The summed E-state index contributed by atoms with van der Waals surface area (Å²) in [6, 6.07) is 5.75. The van der Waals surface area contributed by atoms with Crippen LogP contribution in [-0.2, 0) is 19.6 Å². The highest BCUT2D eigenvalue weighted by molar-refractivity contribution is 7.89. The van der Waals surface area contributed by atoms with Gasteiger partial charge in [-0.2, -0.15) is 4.31 Å². The number of halogens is 1. The summed E-state index contributed by atoms with van der Waals surface area (Å²) in [7, 11) is -2.39. The van der Waals surface area contributed by atoms with Crippen LogP contribution < -0.4 is 4.74 Å². The predicted molar refractivity (Wildman–Crippen MR) is 125 cm³/mol. The largest absolute Gasteiger partial charge is 0.494 e. The molecule has 0 unspecified atom stereocenters. The molecule has 0 radical (unpaired) electrons. The van der Waals surface area contributed by atoms with Gasteiger partial charge in [-0.1, -0.05) is 6.07 Å². The number of nitrogens with zero attached hydrogens (tertiary/aromatic N) is 1. The van der Waals surface area contributed by atoms with E-state index in [0.717, 1.165) is 28.3 Å². The summed E-state index contributed by atoms with van der Waals surface area (Å²) < 4.78 is 52.0. The highest BCUT2D eigenvalue weighted by Gasteiger charge is 2.35. The normalized spacial score (nSPS) is 15.2. The number of piperidine rings is 1. The molecule has 2 aromatic carbocycles. The monoisotopic (exact) mass is 491 g/mol. The van der Waals surface area contributed by atoms with Gasteiger partial charge in [-0.15, -0.1) is 0 Å². The lowest BCUT2D eigenvalue weighted by Gasteiger charge is -2.31. The van der Waals surface area contributed by atoms with E-state index in [1.807, 2.05) is 33.8 Å². The van der Waals surface area contributed by atoms with Crippen molar-refractivity contribution >= 4 is 21.8 Å². The van der Waals surface area contributed by atoms with Crippen LogP contribution in [0.15, 0.2) is 29.2 Å². The fourth-order valence-corrected chi connectivity index (χ4v) is 6.25. The summed E-state index contributed by atoms with van der Waals surface area (Å²) in [5, 5.41) is 0. The van der Waals surface area contributed by atoms with Crippen LogP contribution in [0.25, 0.3) is 0 Å². The van der Waals surface area contributed by atoms with E-state index in [2.05, 4.69) is 0 Å². The first-order valence-corrected chi connectivity index (χ1v) is 12.5. The van der Waals surface area contributed by atoms with Gasteiger partial charge in [0.2, 0.25) is 10.0 Å². The maximum absolute atomic E-state index is 13.8. The van der Waals surface area contributed by atoms with Gasteiger partial charge in [0.15, 0.2) is 24.0 Å². The standard InChI is InChI=1S/C25H30FNO6S/c1-15-12-16(2)18(4)24(17(15)3)34(30,31)27-10-8-19(9-11-27)25(29)33-14-22(28)20-6-7-23(32-5)21(26)13-20/h6-7,12-13,19H,8-11,14H2,1-5H3. The average molecular weight is 492 g/mol. The van der Waals surface area contributed by atoms with Crippen LogP contribution in [0, 0.1) is 39.4 Å². The first-order valence-electron chi connectivity index (χ1n) is 11.1. The van der Waals surface area contributed by atoms with Crippen LogP contribution in [0.5, 0.6) is 5.75 Å². The molecule has 0 amide bonds. The van der Waals surface area contributed by atoms with E-state index < -0.39 is 40.1 Å². The number of rotatable bonds is 7. The number of Topliss-reactive ketones (excluding diaryl/α,β-unsaturated/α-hetero) is 1.